The first-order valence-electron chi connectivity index (χ1n) is 19.2. The van der Waals surface area contributed by atoms with Crippen molar-refractivity contribution < 1.29 is 43.0 Å². The summed E-state index contributed by atoms with van der Waals surface area (Å²) in [6.45, 7) is 10.3. The Morgan fingerprint density at radius 1 is 0.536 bits per heavy atom. The van der Waals surface area contributed by atoms with Crippen LogP contribution in [-0.4, -0.2) is 101 Å². The van der Waals surface area contributed by atoms with Gasteiger partial charge >= 0.3 is 17.9 Å². The summed E-state index contributed by atoms with van der Waals surface area (Å²) in [5, 5.41) is 2.80. The van der Waals surface area contributed by atoms with E-state index in [2.05, 4.69) is 5.32 Å². The maximum Gasteiger partial charge on any atom is 0.507 e. The van der Waals surface area contributed by atoms with Gasteiger partial charge in [-0.2, -0.15) is 0 Å². The highest BCUT2D eigenvalue weighted by Gasteiger charge is 2.45. The Morgan fingerprint density at radius 3 is 1.25 bits per heavy atom. The molecule has 56 heavy (non-hydrogen) atoms. The molecule has 1 aliphatic rings. The summed E-state index contributed by atoms with van der Waals surface area (Å²) in [5.74, 6) is -5.89. The number of nitrogens with zero attached hydrogens (tertiary/aromatic N) is 2. The minimum atomic E-state index is -1.35. The number of amides is 3. The third-order valence-corrected chi connectivity index (χ3v) is 9.91. The smallest absolute Gasteiger partial charge is 0.450 e. The van der Waals surface area contributed by atoms with Crippen molar-refractivity contribution in [3.8, 4) is 0 Å². The van der Waals surface area contributed by atoms with Gasteiger partial charge in [-0.3, -0.25) is 14.4 Å². The first-order valence-corrected chi connectivity index (χ1v) is 19.2. The second kappa shape index (κ2) is 19.9. The van der Waals surface area contributed by atoms with Crippen LogP contribution in [0.4, 0.5) is 0 Å². The Balaban J connectivity index is 1.85. The Morgan fingerprint density at radius 2 is 0.875 bits per heavy atom. The van der Waals surface area contributed by atoms with Crippen LogP contribution in [0.3, 0.4) is 0 Å². The van der Waals surface area contributed by atoms with E-state index in [1.54, 1.807) is 53.7 Å². The topological polar surface area (TPSA) is 153 Å². The van der Waals surface area contributed by atoms with Gasteiger partial charge < -0.3 is 34.1 Å². The van der Waals surface area contributed by atoms with Crippen molar-refractivity contribution in [2.75, 3.05) is 14.1 Å². The number of carbonyl (C=O) groups is 5. The van der Waals surface area contributed by atoms with Crippen LogP contribution in [-0.2, 0) is 57.4 Å². The van der Waals surface area contributed by atoms with Crippen LogP contribution in [0.25, 0.3) is 0 Å². The molecule has 0 radical (unpaired) electrons. The quantitative estimate of drug-likeness (QED) is 0.189. The van der Waals surface area contributed by atoms with E-state index in [9.17, 15) is 28.8 Å². The third kappa shape index (κ3) is 11.3. The van der Waals surface area contributed by atoms with Crippen molar-refractivity contribution in [3.05, 3.63) is 108 Å². The van der Waals surface area contributed by atoms with E-state index < -0.39 is 89.8 Å². The molecular formula is C44H56N3O9+. The highest BCUT2D eigenvalue weighted by Crippen LogP contribution is 2.22. The molecule has 0 aliphatic carbocycles. The van der Waals surface area contributed by atoms with E-state index >= 15 is 0 Å². The van der Waals surface area contributed by atoms with Gasteiger partial charge in [-0.25, -0.2) is 9.59 Å². The first kappa shape index (κ1) is 43.2. The summed E-state index contributed by atoms with van der Waals surface area (Å²) < 4.78 is 18.0. The SMILES string of the molecule is CC(C)C1OC(=O)C(Cc2ccccc2)N(C)C(=O)C(C(C)C)OC(=O)C(Cc2ccccc2)N(C)C(=O)C(C(C)C)OC(=[OH+])C(Cc2ccccc2)NC1=O. The molecule has 1 saturated heterocycles. The minimum Gasteiger partial charge on any atom is -0.450 e. The fraction of sp³-hybridized carbons (Fsp3) is 0.455. The zero-order valence-electron chi connectivity index (χ0n) is 33.6. The Kier molecular flexibility index (Phi) is 15.3. The number of cyclic esters (lactones) is 3. The van der Waals surface area contributed by atoms with E-state index in [4.69, 9.17) is 14.2 Å². The molecule has 6 unspecified atom stereocenters. The van der Waals surface area contributed by atoms with Crippen molar-refractivity contribution in [3.63, 3.8) is 0 Å². The molecule has 0 spiro atoms. The average Bonchev–Trinajstić information content (AvgIpc) is 3.18. The summed E-state index contributed by atoms with van der Waals surface area (Å²) in [6.07, 6.45) is -3.84. The lowest BCUT2D eigenvalue weighted by molar-refractivity contribution is -0.174. The summed E-state index contributed by atoms with van der Waals surface area (Å²) >= 11 is 0. The number of ether oxygens (including phenoxy) is 3. The molecule has 4 rings (SSSR count). The zero-order chi connectivity index (χ0) is 41.1. The summed E-state index contributed by atoms with van der Waals surface area (Å²) in [5.41, 5.74) is 2.20. The Hall–Kier alpha value is -5.52. The molecule has 0 saturated carbocycles. The molecule has 0 bridgehead atoms. The Bertz CT molecular complexity index is 1800. The van der Waals surface area contributed by atoms with Gasteiger partial charge in [0, 0.05) is 39.3 Å². The second-order valence-electron chi connectivity index (χ2n) is 15.4. The van der Waals surface area contributed by atoms with E-state index in [1.165, 1.54) is 23.9 Å². The van der Waals surface area contributed by atoms with Gasteiger partial charge in [0.2, 0.25) is 0 Å². The normalized spacial score (nSPS) is 23.7. The van der Waals surface area contributed by atoms with Gasteiger partial charge in [-0.15, -0.1) is 0 Å². The average molecular weight is 771 g/mol. The number of rotatable bonds is 9. The maximum absolute atomic E-state index is 14.4. The molecule has 0 aromatic heterocycles. The van der Waals surface area contributed by atoms with E-state index in [0.717, 1.165) is 16.7 Å². The molecule has 1 heterocycles. The fourth-order valence-corrected chi connectivity index (χ4v) is 6.50. The molecule has 1 fully saturated rings. The molecule has 3 aromatic carbocycles. The Labute approximate surface area is 329 Å². The molecule has 1 aliphatic heterocycles. The number of hydrogen-bond donors (Lipinski definition) is 1. The lowest BCUT2D eigenvalue weighted by Crippen LogP contribution is -2.56. The standard InChI is InChI=1S/C44H55N3O9/c1-27(2)36-39(48)45-33(24-30-18-12-9-13-19-30)42(51)55-37(28(3)4)40(49)47(8)35(26-32-22-16-11-17-23-32)44(53)56-38(29(5)6)41(50)46(7)34(43(52)54-36)25-31-20-14-10-15-21-31/h9-23,27-29,33-38H,24-26H2,1-8H3,(H,45,48)/p+1. The van der Waals surface area contributed by atoms with Crippen LogP contribution < -0.4 is 5.32 Å². The fourth-order valence-electron chi connectivity index (χ4n) is 6.50. The lowest BCUT2D eigenvalue weighted by atomic mass is 9.99. The van der Waals surface area contributed by atoms with Gasteiger partial charge in [-0.05, 0) is 28.5 Å². The molecular weight excluding hydrogens is 714 g/mol. The van der Waals surface area contributed by atoms with Crippen molar-refractivity contribution in [2.45, 2.75) is 97.2 Å². The number of hydrogen-bond acceptors (Lipinski definition) is 8. The molecule has 12 heteroatoms. The number of benzene rings is 3. The number of esters is 3. The van der Waals surface area contributed by atoms with Crippen molar-refractivity contribution in [2.24, 2.45) is 17.8 Å². The van der Waals surface area contributed by atoms with Crippen LogP contribution in [0, 0.1) is 17.8 Å². The molecule has 3 amide bonds. The highest BCUT2D eigenvalue weighted by molar-refractivity contribution is 5.94. The van der Waals surface area contributed by atoms with Crippen molar-refractivity contribution in [1.29, 1.82) is 0 Å². The molecule has 2 N–H and O–H groups in total. The summed E-state index contributed by atoms with van der Waals surface area (Å²) in [6, 6.07) is 23.6. The minimum absolute atomic E-state index is 0.0383. The number of carbonyl (C=O) groups excluding carboxylic acids is 6. The second-order valence-corrected chi connectivity index (χ2v) is 15.4. The van der Waals surface area contributed by atoms with Gasteiger partial charge in [0.25, 0.3) is 23.8 Å². The lowest BCUT2D eigenvalue weighted by Gasteiger charge is -2.34. The summed E-state index contributed by atoms with van der Waals surface area (Å²) in [7, 11) is 2.89. The molecule has 6 atom stereocenters. The van der Waals surface area contributed by atoms with Crippen molar-refractivity contribution in [1.82, 2.24) is 15.1 Å². The van der Waals surface area contributed by atoms with Crippen LogP contribution in [0.15, 0.2) is 91.0 Å². The van der Waals surface area contributed by atoms with E-state index in [0.29, 0.717) is 0 Å². The van der Waals surface area contributed by atoms with Crippen LogP contribution in [0.5, 0.6) is 0 Å². The van der Waals surface area contributed by atoms with Gasteiger partial charge in [-0.1, -0.05) is 133 Å². The number of nitrogens with one attached hydrogen (secondary N) is 1. The van der Waals surface area contributed by atoms with Gasteiger partial charge in [0.1, 0.15) is 12.1 Å². The largest absolute Gasteiger partial charge is 0.507 e. The van der Waals surface area contributed by atoms with E-state index in [1.807, 2.05) is 78.9 Å². The highest BCUT2D eigenvalue weighted by atomic mass is 16.6. The molecule has 12 nitrogen and oxygen atoms in total. The number of likely N-dealkylation sites (N-methyl/N-ethyl adjacent to an activating group) is 2. The zero-order valence-corrected chi connectivity index (χ0v) is 33.6. The maximum atomic E-state index is 14.4. The van der Waals surface area contributed by atoms with Gasteiger partial charge in [0.05, 0.1) is 0 Å². The first-order chi connectivity index (χ1) is 26.6. The molecule has 300 valence electrons. The van der Waals surface area contributed by atoms with Crippen LogP contribution in [0.1, 0.15) is 58.2 Å². The van der Waals surface area contributed by atoms with E-state index in [-0.39, 0.29) is 19.3 Å². The molecule has 3 aromatic rings. The monoisotopic (exact) mass is 770 g/mol. The summed E-state index contributed by atoms with van der Waals surface area (Å²) in [4.78, 5) is 85.4. The van der Waals surface area contributed by atoms with Crippen LogP contribution >= 0.6 is 0 Å². The third-order valence-electron chi connectivity index (χ3n) is 9.91. The predicted molar refractivity (Wildman–Crippen MR) is 212 cm³/mol. The van der Waals surface area contributed by atoms with Crippen LogP contribution in [0.2, 0.25) is 0 Å². The predicted octanol–water partition coefficient (Wildman–Crippen LogP) is 4.55. The van der Waals surface area contributed by atoms with Gasteiger partial charge in [0.15, 0.2) is 18.2 Å². The van der Waals surface area contributed by atoms with Crippen molar-refractivity contribution >= 4 is 35.6 Å².